The van der Waals surface area contributed by atoms with Crippen LogP contribution in [0.4, 0.5) is 4.39 Å². The van der Waals surface area contributed by atoms with Gasteiger partial charge in [0.15, 0.2) is 0 Å². The minimum absolute atomic E-state index is 0.333. The maximum absolute atomic E-state index is 13.3. The fourth-order valence-electron chi connectivity index (χ4n) is 3.13. The Balaban J connectivity index is 1.95. The lowest BCUT2D eigenvalue weighted by molar-refractivity contribution is 0.529. The fourth-order valence-corrected chi connectivity index (χ4v) is 3.53. The van der Waals surface area contributed by atoms with Gasteiger partial charge in [0.1, 0.15) is 11.6 Å². The molecule has 1 heterocycles. The molecule has 4 aromatic rings. The van der Waals surface area contributed by atoms with Crippen LogP contribution in [0.2, 0.25) is 0 Å². The smallest absolute Gasteiger partial charge is 0.344 e. The van der Waals surface area contributed by atoms with Crippen LogP contribution in [0.1, 0.15) is 0 Å². The maximum atomic E-state index is 13.3. The lowest BCUT2D eigenvalue weighted by atomic mass is 9.95. The van der Waals surface area contributed by atoms with Gasteiger partial charge in [0.25, 0.3) is 0 Å². The Kier molecular flexibility index (Phi) is 5.13. The van der Waals surface area contributed by atoms with Crippen molar-refractivity contribution in [3.8, 4) is 33.6 Å². The van der Waals surface area contributed by atoms with Gasteiger partial charge in [-0.2, -0.15) is 0 Å². The third kappa shape index (κ3) is 3.64. The normalized spacial score (nSPS) is 10.8. The molecule has 0 radical (unpaired) electrons. The summed E-state index contributed by atoms with van der Waals surface area (Å²) < 4.78 is 18.9. The molecule has 0 atom stereocenters. The van der Waals surface area contributed by atoms with Gasteiger partial charge >= 0.3 is 5.63 Å². The molecule has 0 saturated carbocycles. The van der Waals surface area contributed by atoms with Crippen molar-refractivity contribution in [2.75, 3.05) is 6.26 Å². The van der Waals surface area contributed by atoms with Crippen molar-refractivity contribution in [3.63, 3.8) is 0 Å². The molecule has 138 valence electrons. The van der Waals surface area contributed by atoms with E-state index in [0.717, 1.165) is 21.6 Å². The van der Waals surface area contributed by atoms with Crippen LogP contribution in [0.5, 0.6) is 0 Å². The largest absolute Gasteiger partial charge is 0.422 e. The zero-order chi connectivity index (χ0) is 19.5. The highest BCUT2D eigenvalue weighted by atomic mass is 32.2. The first kappa shape index (κ1) is 18.3. The molecule has 0 aliphatic rings. The van der Waals surface area contributed by atoms with Crippen molar-refractivity contribution in [2.45, 2.75) is 4.90 Å². The van der Waals surface area contributed by atoms with E-state index >= 15 is 0 Å². The van der Waals surface area contributed by atoms with Crippen LogP contribution < -0.4 is 5.63 Å². The van der Waals surface area contributed by atoms with Crippen molar-refractivity contribution in [3.05, 3.63) is 101 Å². The van der Waals surface area contributed by atoms with Gasteiger partial charge in [0.05, 0.1) is 5.56 Å². The topological polar surface area (TPSA) is 30.2 Å². The molecule has 0 fully saturated rings. The average molecular weight is 388 g/mol. The Morgan fingerprint density at radius 1 is 0.786 bits per heavy atom. The molecule has 4 heteroatoms. The SMILES string of the molecule is CSc1ccc(-c2cc(-c3ccc(F)cc3)oc(=O)c2-c2ccccc2)cc1. The summed E-state index contributed by atoms with van der Waals surface area (Å²) >= 11 is 1.66. The molecule has 0 aliphatic heterocycles. The van der Waals surface area contributed by atoms with Crippen LogP contribution in [0.3, 0.4) is 0 Å². The minimum Gasteiger partial charge on any atom is -0.422 e. The Bertz CT molecular complexity index is 1150. The predicted octanol–water partition coefficient (Wildman–Crippen LogP) is 6.50. The Morgan fingerprint density at radius 2 is 1.43 bits per heavy atom. The van der Waals surface area contributed by atoms with Crippen molar-refractivity contribution in [1.29, 1.82) is 0 Å². The molecule has 4 rings (SSSR count). The Morgan fingerprint density at radius 3 is 2.07 bits per heavy atom. The van der Waals surface area contributed by atoms with Gasteiger partial charge in [-0.3, -0.25) is 0 Å². The highest BCUT2D eigenvalue weighted by molar-refractivity contribution is 7.98. The number of hydrogen-bond donors (Lipinski definition) is 0. The highest BCUT2D eigenvalue weighted by Crippen LogP contribution is 2.34. The van der Waals surface area contributed by atoms with Crippen molar-refractivity contribution in [1.82, 2.24) is 0 Å². The fraction of sp³-hybridized carbons (Fsp3) is 0.0417. The number of halogens is 1. The Hall–Kier alpha value is -3.11. The lowest BCUT2D eigenvalue weighted by Crippen LogP contribution is -2.06. The molecular weight excluding hydrogens is 371 g/mol. The standard InChI is InChI=1S/C24H17FO2S/c1-28-20-13-9-16(10-14-20)21-15-22(17-7-11-19(25)12-8-17)27-24(26)23(21)18-5-3-2-4-6-18/h2-15H,1H3. The van der Waals surface area contributed by atoms with Gasteiger partial charge in [0.2, 0.25) is 0 Å². The zero-order valence-electron chi connectivity index (χ0n) is 15.2. The average Bonchev–Trinajstić information content (AvgIpc) is 2.74. The summed E-state index contributed by atoms with van der Waals surface area (Å²) in [5.41, 5.74) is 3.26. The number of rotatable bonds is 4. The summed E-state index contributed by atoms with van der Waals surface area (Å²) in [4.78, 5) is 14.1. The molecule has 0 saturated heterocycles. The van der Waals surface area contributed by atoms with E-state index in [0.29, 0.717) is 16.9 Å². The molecule has 3 aromatic carbocycles. The number of benzene rings is 3. The van der Waals surface area contributed by atoms with Crippen molar-refractivity contribution < 1.29 is 8.81 Å². The van der Waals surface area contributed by atoms with Gasteiger partial charge in [-0.1, -0.05) is 42.5 Å². The highest BCUT2D eigenvalue weighted by Gasteiger charge is 2.16. The van der Waals surface area contributed by atoms with Gasteiger partial charge in [-0.15, -0.1) is 11.8 Å². The zero-order valence-corrected chi connectivity index (χ0v) is 16.0. The summed E-state index contributed by atoms with van der Waals surface area (Å²) in [6, 6.07) is 25.3. The monoisotopic (exact) mass is 388 g/mol. The Labute approximate surface area is 166 Å². The van der Waals surface area contributed by atoms with Crippen LogP contribution in [0, 0.1) is 5.82 Å². The molecule has 0 unspecified atom stereocenters. The minimum atomic E-state index is -0.419. The lowest BCUT2D eigenvalue weighted by Gasteiger charge is -2.12. The summed E-state index contributed by atoms with van der Waals surface area (Å²) in [7, 11) is 0. The molecule has 0 N–H and O–H groups in total. The number of thioether (sulfide) groups is 1. The second-order valence-electron chi connectivity index (χ2n) is 6.29. The van der Waals surface area contributed by atoms with Gasteiger partial charge in [-0.05, 0) is 59.8 Å². The molecular formula is C24H17FO2S. The second kappa shape index (κ2) is 7.87. The van der Waals surface area contributed by atoms with Gasteiger partial charge < -0.3 is 4.42 Å². The van der Waals surface area contributed by atoms with Crippen LogP contribution in [0.15, 0.2) is 99.0 Å². The van der Waals surface area contributed by atoms with E-state index < -0.39 is 5.63 Å². The maximum Gasteiger partial charge on any atom is 0.344 e. The molecule has 2 nitrogen and oxygen atoms in total. The third-order valence-corrected chi connectivity index (χ3v) is 5.29. The first-order valence-corrected chi connectivity index (χ1v) is 10.0. The summed E-state index contributed by atoms with van der Waals surface area (Å²) in [5.74, 6) is 0.0773. The van der Waals surface area contributed by atoms with E-state index in [1.165, 1.54) is 12.1 Å². The van der Waals surface area contributed by atoms with Crippen LogP contribution in [-0.4, -0.2) is 6.26 Å². The van der Waals surface area contributed by atoms with E-state index in [9.17, 15) is 9.18 Å². The summed E-state index contributed by atoms with van der Waals surface area (Å²) in [6.07, 6.45) is 2.02. The molecule has 28 heavy (non-hydrogen) atoms. The van der Waals surface area contributed by atoms with E-state index in [-0.39, 0.29) is 5.82 Å². The number of hydrogen-bond acceptors (Lipinski definition) is 3. The van der Waals surface area contributed by atoms with Crippen LogP contribution >= 0.6 is 11.8 Å². The molecule has 1 aromatic heterocycles. The quantitative estimate of drug-likeness (QED) is 0.374. The molecule has 0 aliphatic carbocycles. The van der Waals surface area contributed by atoms with Crippen molar-refractivity contribution >= 4 is 11.8 Å². The molecule has 0 spiro atoms. The van der Waals surface area contributed by atoms with Crippen LogP contribution in [0.25, 0.3) is 33.6 Å². The van der Waals surface area contributed by atoms with Crippen LogP contribution in [-0.2, 0) is 0 Å². The van der Waals surface area contributed by atoms with Gasteiger partial charge in [-0.25, -0.2) is 9.18 Å². The second-order valence-corrected chi connectivity index (χ2v) is 7.17. The molecule has 0 amide bonds. The van der Waals surface area contributed by atoms with E-state index in [2.05, 4.69) is 0 Å². The van der Waals surface area contributed by atoms with E-state index in [4.69, 9.17) is 4.42 Å². The summed E-state index contributed by atoms with van der Waals surface area (Å²) in [6.45, 7) is 0. The third-order valence-electron chi connectivity index (χ3n) is 4.54. The van der Waals surface area contributed by atoms with E-state index in [1.807, 2.05) is 66.9 Å². The predicted molar refractivity (Wildman–Crippen MR) is 113 cm³/mol. The van der Waals surface area contributed by atoms with Gasteiger partial charge in [0, 0.05) is 16.0 Å². The first-order chi connectivity index (χ1) is 13.7. The molecule has 0 bridgehead atoms. The van der Waals surface area contributed by atoms with Crippen molar-refractivity contribution in [2.24, 2.45) is 0 Å². The van der Waals surface area contributed by atoms with E-state index in [1.54, 1.807) is 23.9 Å². The first-order valence-electron chi connectivity index (χ1n) is 8.79. The summed E-state index contributed by atoms with van der Waals surface area (Å²) in [5, 5.41) is 0.